The van der Waals surface area contributed by atoms with Gasteiger partial charge in [0.05, 0.1) is 11.4 Å². The van der Waals surface area contributed by atoms with Crippen molar-refractivity contribution < 1.29 is 0 Å². The fourth-order valence-electron chi connectivity index (χ4n) is 0.870. The third-order valence-corrected chi connectivity index (χ3v) is 1.69. The summed E-state index contributed by atoms with van der Waals surface area (Å²) in [4.78, 5) is 7.72. The minimum absolute atomic E-state index is 0.342. The number of nitrogens with zero attached hydrogens (tertiary/aromatic N) is 2. The van der Waals surface area contributed by atoms with E-state index in [1.165, 1.54) is 6.33 Å². The number of rotatable bonds is 2. The summed E-state index contributed by atoms with van der Waals surface area (Å²) in [6.07, 6.45) is 1.34. The van der Waals surface area contributed by atoms with Crippen LogP contribution in [-0.2, 0) is 0 Å². The highest BCUT2D eigenvalue weighted by Crippen LogP contribution is 2.20. The van der Waals surface area contributed by atoms with Gasteiger partial charge in [-0.15, -0.1) is 0 Å². The molecule has 0 aliphatic heterocycles. The Morgan fingerprint density at radius 2 is 2.25 bits per heavy atom. The van der Waals surface area contributed by atoms with Crippen molar-refractivity contribution in [3.63, 3.8) is 0 Å². The van der Waals surface area contributed by atoms with Crippen molar-refractivity contribution in [2.24, 2.45) is 0 Å². The van der Waals surface area contributed by atoms with Crippen LogP contribution in [-0.4, -0.2) is 22.7 Å². The summed E-state index contributed by atoms with van der Waals surface area (Å²) >= 11 is 5.76. The molecular weight excluding hydrogens is 176 g/mol. The van der Waals surface area contributed by atoms with E-state index in [1.807, 2.05) is 0 Å². The molecule has 0 aliphatic carbocycles. The van der Waals surface area contributed by atoms with Crippen molar-refractivity contribution in [1.82, 2.24) is 9.97 Å². The molecule has 1 aromatic heterocycles. The van der Waals surface area contributed by atoms with Crippen LogP contribution in [0.2, 0.25) is 5.15 Å². The lowest BCUT2D eigenvalue weighted by molar-refractivity contribution is 1.14. The molecule has 0 aromatic carbocycles. The summed E-state index contributed by atoms with van der Waals surface area (Å²) in [5.74, 6) is 0. The number of halogens is 1. The molecule has 4 nitrogen and oxygen atoms in total. The van der Waals surface area contributed by atoms with Crippen molar-refractivity contribution in [3.05, 3.63) is 17.2 Å². The van der Waals surface area contributed by atoms with Crippen molar-refractivity contribution >= 4 is 23.0 Å². The van der Waals surface area contributed by atoms with Crippen molar-refractivity contribution in [3.8, 4) is 0 Å². The Balaban J connectivity index is 3.27. The van der Waals surface area contributed by atoms with E-state index in [2.05, 4.69) is 15.3 Å². The Bertz CT molecular complexity index is 310. The van der Waals surface area contributed by atoms with Gasteiger partial charge in [-0.05, 0) is 6.92 Å². The van der Waals surface area contributed by atoms with E-state index in [0.717, 1.165) is 0 Å². The van der Waals surface area contributed by atoms with Crippen LogP contribution in [0.1, 0.15) is 12.6 Å². The average Bonchev–Trinajstić information content (AvgIpc) is 2.03. The molecular formula is C7H9ClN4. The molecule has 0 fully saturated rings. The number of hydrogen-bond donors (Lipinski definition) is 2. The smallest absolute Gasteiger partial charge is 0.156 e. The highest BCUT2D eigenvalue weighted by atomic mass is 35.5. The van der Waals surface area contributed by atoms with Gasteiger partial charge in [0.25, 0.3) is 0 Å². The molecule has 1 rings (SSSR count). The molecule has 0 saturated heterocycles. The summed E-state index contributed by atoms with van der Waals surface area (Å²) in [6, 6.07) is 0. The quantitative estimate of drug-likeness (QED) is 0.542. The van der Waals surface area contributed by atoms with E-state index in [-0.39, 0.29) is 0 Å². The topological polar surface area (TPSA) is 61.7 Å². The molecule has 0 spiro atoms. The van der Waals surface area contributed by atoms with Gasteiger partial charge in [0, 0.05) is 7.05 Å². The summed E-state index contributed by atoms with van der Waals surface area (Å²) in [6.45, 7) is 1.65. The van der Waals surface area contributed by atoms with Crippen LogP contribution < -0.4 is 5.32 Å². The van der Waals surface area contributed by atoms with E-state index in [9.17, 15) is 0 Å². The van der Waals surface area contributed by atoms with Crippen LogP contribution in [0, 0.1) is 5.41 Å². The van der Waals surface area contributed by atoms with Gasteiger partial charge < -0.3 is 10.7 Å². The molecule has 1 heterocycles. The fraction of sp³-hybridized carbons (Fsp3) is 0.286. The minimum atomic E-state index is 0.342. The molecule has 0 radical (unpaired) electrons. The highest BCUT2D eigenvalue weighted by molar-refractivity contribution is 6.32. The molecule has 12 heavy (non-hydrogen) atoms. The molecule has 0 amide bonds. The maximum Gasteiger partial charge on any atom is 0.156 e. The Kier molecular flexibility index (Phi) is 2.60. The number of nitrogens with one attached hydrogen (secondary N) is 2. The largest absolute Gasteiger partial charge is 0.384 e. The summed E-state index contributed by atoms with van der Waals surface area (Å²) < 4.78 is 0. The molecule has 0 unspecified atom stereocenters. The molecule has 5 heteroatoms. The zero-order valence-electron chi connectivity index (χ0n) is 6.85. The number of anilines is 1. The molecule has 0 atom stereocenters. The van der Waals surface area contributed by atoms with Gasteiger partial charge in [-0.2, -0.15) is 0 Å². The monoisotopic (exact) mass is 184 g/mol. The van der Waals surface area contributed by atoms with Crippen molar-refractivity contribution in [2.75, 3.05) is 12.4 Å². The first-order valence-corrected chi connectivity index (χ1v) is 3.78. The van der Waals surface area contributed by atoms with E-state index in [0.29, 0.717) is 22.2 Å². The standard InChI is InChI=1S/C7H9ClN4/c1-4(9)5-6(10-2)7(8)12-3-11-5/h3,9-10H,1-2H3. The van der Waals surface area contributed by atoms with Gasteiger partial charge in [0.15, 0.2) is 5.15 Å². The number of aromatic nitrogens is 2. The maximum atomic E-state index is 7.39. The van der Waals surface area contributed by atoms with Gasteiger partial charge in [0.1, 0.15) is 12.0 Å². The van der Waals surface area contributed by atoms with Gasteiger partial charge in [-0.25, -0.2) is 9.97 Å². The Labute approximate surface area is 75.5 Å². The van der Waals surface area contributed by atoms with Crippen LogP contribution in [0.4, 0.5) is 5.69 Å². The van der Waals surface area contributed by atoms with Gasteiger partial charge in [-0.1, -0.05) is 11.6 Å². The second-order valence-electron chi connectivity index (χ2n) is 2.26. The predicted octanol–water partition coefficient (Wildman–Crippen LogP) is 1.56. The van der Waals surface area contributed by atoms with E-state index in [4.69, 9.17) is 17.0 Å². The first kappa shape index (κ1) is 8.93. The second kappa shape index (κ2) is 3.49. The SMILES string of the molecule is CNc1c(Cl)ncnc1C(C)=N. The van der Waals surface area contributed by atoms with E-state index >= 15 is 0 Å². The van der Waals surface area contributed by atoms with E-state index in [1.54, 1.807) is 14.0 Å². The first-order chi connectivity index (χ1) is 5.66. The number of hydrogen-bond acceptors (Lipinski definition) is 4. The summed E-state index contributed by atoms with van der Waals surface area (Å²) in [5, 5.41) is 10.6. The molecule has 64 valence electrons. The minimum Gasteiger partial charge on any atom is -0.384 e. The van der Waals surface area contributed by atoms with Gasteiger partial charge >= 0.3 is 0 Å². The first-order valence-electron chi connectivity index (χ1n) is 3.40. The Morgan fingerprint density at radius 3 is 2.67 bits per heavy atom. The van der Waals surface area contributed by atoms with Crippen LogP contribution in [0.15, 0.2) is 6.33 Å². The summed E-state index contributed by atoms with van der Waals surface area (Å²) in [7, 11) is 1.72. The van der Waals surface area contributed by atoms with Crippen molar-refractivity contribution in [2.45, 2.75) is 6.92 Å². The van der Waals surface area contributed by atoms with Crippen LogP contribution in [0.25, 0.3) is 0 Å². The van der Waals surface area contributed by atoms with Gasteiger partial charge in [-0.3, -0.25) is 0 Å². The lowest BCUT2D eigenvalue weighted by atomic mass is 10.2. The summed E-state index contributed by atoms with van der Waals surface area (Å²) in [5.41, 5.74) is 1.51. The third-order valence-electron chi connectivity index (χ3n) is 1.41. The molecule has 0 bridgehead atoms. The maximum absolute atomic E-state index is 7.39. The second-order valence-corrected chi connectivity index (χ2v) is 2.62. The zero-order valence-corrected chi connectivity index (χ0v) is 7.61. The predicted molar refractivity (Wildman–Crippen MR) is 49.1 cm³/mol. The Morgan fingerprint density at radius 1 is 1.58 bits per heavy atom. The Hall–Kier alpha value is -1.16. The van der Waals surface area contributed by atoms with E-state index < -0.39 is 0 Å². The molecule has 2 N–H and O–H groups in total. The average molecular weight is 185 g/mol. The highest BCUT2D eigenvalue weighted by Gasteiger charge is 2.08. The van der Waals surface area contributed by atoms with Crippen LogP contribution in [0.3, 0.4) is 0 Å². The van der Waals surface area contributed by atoms with Crippen LogP contribution >= 0.6 is 11.6 Å². The molecule has 0 saturated carbocycles. The van der Waals surface area contributed by atoms with Gasteiger partial charge in [0.2, 0.25) is 0 Å². The third kappa shape index (κ3) is 1.53. The lowest BCUT2D eigenvalue weighted by Gasteiger charge is -2.06. The van der Waals surface area contributed by atoms with Crippen molar-refractivity contribution in [1.29, 1.82) is 5.41 Å². The molecule has 0 aliphatic rings. The zero-order chi connectivity index (χ0) is 9.14. The fourth-order valence-corrected chi connectivity index (χ4v) is 1.10. The lowest BCUT2D eigenvalue weighted by Crippen LogP contribution is -2.04. The molecule has 1 aromatic rings. The van der Waals surface area contributed by atoms with Crippen LogP contribution in [0.5, 0.6) is 0 Å². The normalized spacial score (nSPS) is 9.58.